The molecule has 0 fully saturated rings. The molecule has 1 aromatic carbocycles. The van der Waals surface area contributed by atoms with E-state index in [1.807, 2.05) is 94.8 Å². The highest BCUT2D eigenvalue weighted by Gasteiger charge is 2.24. The molecule has 0 aliphatic heterocycles. The lowest BCUT2D eigenvalue weighted by atomic mass is 10.0. The zero-order valence-corrected chi connectivity index (χ0v) is 38.6. The van der Waals surface area contributed by atoms with E-state index in [2.05, 4.69) is 61.6 Å². The Kier molecular flexibility index (Phi) is 11.8. The van der Waals surface area contributed by atoms with Crippen molar-refractivity contribution in [3.05, 3.63) is 166 Å². The Morgan fingerprint density at radius 1 is 0.667 bits per heavy atom. The van der Waals surface area contributed by atoms with Gasteiger partial charge in [-0.25, -0.2) is 4.79 Å². The summed E-state index contributed by atoms with van der Waals surface area (Å²) in [6, 6.07) is 24.5. The molecule has 0 radical (unpaired) electrons. The first-order chi connectivity index (χ1) is 31.8. The number of halogens is 1. The number of aromatic carboxylic acids is 1. The number of Topliss-reactive ketones (excluding diaryl/α,β-unsaturated/α-hetero) is 1. The van der Waals surface area contributed by atoms with Crippen LogP contribution in [0.3, 0.4) is 0 Å². The van der Waals surface area contributed by atoms with Crippen molar-refractivity contribution in [3.63, 3.8) is 0 Å². The first-order valence-electron chi connectivity index (χ1n) is 21.1. The van der Waals surface area contributed by atoms with Gasteiger partial charge in [0, 0.05) is 86.0 Å². The summed E-state index contributed by atoms with van der Waals surface area (Å²) in [5, 5.41) is 17.8. The number of benzene rings is 1. The fourth-order valence-corrected chi connectivity index (χ4v) is 9.60. The van der Waals surface area contributed by atoms with Gasteiger partial charge in [0.1, 0.15) is 11.5 Å². The topological polar surface area (TPSA) is 168 Å². The van der Waals surface area contributed by atoms with Crippen LogP contribution in [0.1, 0.15) is 87.2 Å². The van der Waals surface area contributed by atoms with E-state index in [9.17, 15) is 14.7 Å². The summed E-state index contributed by atoms with van der Waals surface area (Å²) in [7, 11) is 0. The Morgan fingerprint density at radius 3 is 1.64 bits per heavy atom. The molecule has 0 aliphatic rings. The highest BCUT2D eigenvalue weighted by Crippen LogP contribution is 2.41. The van der Waals surface area contributed by atoms with E-state index in [0.29, 0.717) is 10.6 Å². The Labute approximate surface area is 388 Å². The predicted molar refractivity (Wildman–Crippen MR) is 256 cm³/mol. The first kappa shape index (κ1) is 43.7. The van der Waals surface area contributed by atoms with Crippen molar-refractivity contribution in [3.8, 4) is 43.8 Å². The second-order valence-corrected chi connectivity index (χ2v) is 17.6. The fourth-order valence-electron chi connectivity index (χ4n) is 8.41. The number of aromatic nitrogens is 8. The molecule has 0 aliphatic carbocycles. The second-order valence-electron chi connectivity index (χ2n) is 16.1. The normalized spacial score (nSPS) is 12.3. The molecule has 10 rings (SSSR count). The third-order valence-electron chi connectivity index (χ3n) is 11.8. The number of hydrogen-bond donors (Lipinski definition) is 1. The van der Waals surface area contributed by atoms with Crippen LogP contribution in [0.4, 0.5) is 0 Å². The number of pyridine rings is 4. The summed E-state index contributed by atoms with van der Waals surface area (Å²) in [6.07, 6.45) is 11.4. The monoisotopic (exact) mass is 914 g/mol. The minimum atomic E-state index is -1.03. The third kappa shape index (κ3) is 8.09. The van der Waals surface area contributed by atoms with Crippen LogP contribution in [-0.2, 0) is 0 Å². The first-order valence-corrected chi connectivity index (χ1v) is 22.3. The smallest absolute Gasteiger partial charge is 0.335 e. The molecule has 9 heterocycles. The molecule has 13 nitrogen and oxygen atoms in total. The number of rotatable bonds is 10. The van der Waals surface area contributed by atoms with E-state index >= 15 is 0 Å². The molecule has 0 bridgehead atoms. The summed E-state index contributed by atoms with van der Waals surface area (Å²) in [5.41, 5.74) is 13.4. The maximum absolute atomic E-state index is 11.9. The van der Waals surface area contributed by atoms with Crippen LogP contribution >= 0.6 is 22.9 Å². The minimum absolute atomic E-state index is 0.00130. The number of thiophene rings is 1. The average Bonchev–Trinajstić information content (AvgIpc) is 4.17. The molecular weight excluding hydrogens is 872 g/mol. The predicted octanol–water partition coefficient (Wildman–Crippen LogP) is 12.6. The van der Waals surface area contributed by atoms with Crippen molar-refractivity contribution in [1.82, 2.24) is 39.4 Å². The number of carboxylic acid groups (broad SMARTS) is 1. The van der Waals surface area contributed by atoms with Gasteiger partial charge in [0.2, 0.25) is 0 Å². The largest absolute Gasteiger partial charge is 0.478 e. The van der Waals surface area contributed by atoms with Crippen molar-refractivity contribution in [2.45, 2.75) is 60.5 Å². The van der Waals surface area contributed by atoms with Gasteiger partial charge in [-0.1, -0.05) is 40.1 Å². The van der Waals surface area contributed by atoms with Crippen LogP contribution in [0.25, 0.3) is 65.9 Å². The van der Waals surface area contributed by atoms with Gasteiger partial charge in [-0.15, -0.1) is 11.3 Å². The van der Waals surface area contributed by atoms with Crippen molar-refractivity contribution in [1.29, 1.82) is 0 Å². The molecule has 0 saturated heterocycles. The number of carbonyl (C=O) groups excluding carboxylic acids is 1. The van der Waals surface area contributed by atoms with E-state index in [1.54, 1.807) is 31.5 Å². The Morgan fingerprint density at radius 2 is 1.20 bits per heavy atom. The van der Waals surface area contributed by atoms with E-state index in [4.69, 9.17) is 30.6 Å². The van der Waals surface area contributed by atoms with Gasteiger partial charge < -0.3 is 23.3 Å². The van der Waals surface area contributed by atoms with E-state index in [1.165, 1.54) is 17.4 Å². The Hall–Kier alpha value is -7.55. The summed E-state index contributed by atoms with van der Waals surface area (Å²) >= 11 is 8.03. The van der Waals surface area contributed by atoms with E-state index in [0.717, 1.165) is 99.5 Å². The lowest BCUT2D eigenvalue weighted by Crippen LogP contribution is -2.07. The van der Waals surface area contributed by atoms with Gasteiger partial charge in [-0.05, 0) is 109 Å². The van der Waals surface area contributed by atoms with Crippen molar-refractivity contribution in [2.75, 3.05) is 0 Å². The minimum Gasteiger partial charge on any atom is -0.478 e. The number of ketones is 1. The van der Waals surface area contributed by atoms with Crippen molar-refractivity contribution >= 4 is 56.8 Å². The lowest BCUT2D eigenvalue weighted by Gasteiger charge is -2.15. The summed E-state index contributed by atoms with van der Waals surface area (Å²) in [4.78, 5) is 43.8. The van der Waals surface area contributed by atoms with Crippen LogP contribution in [0, 0.1) is 27.7 Å². The van der Waals surface area contributed by atoms with Crippen LogP contribution in [-0.4, -0.2) is 56.2 Å². The van der Waals surface area contributed by atoms with Gasteiger partial charge in [0.15, 0.2) is 5.78 Å². The molecule has 0 amide bonds. The zero-order valence-electron chi connectivity index (χ0n) is 37.1. The zero-order chi connectivity index (χ0) is 46.4. The standard InChI is InChI=1S/C26H21ClN4O3.C25H22N4O2S/c1-14-24(16(3)34-30-14)18-11-23-25(29-12-18)20(19-8-7-17(26(32)33)10-21(19)27)13-31(23)15(2)22-6-4-5-9-28-22;1-14-24(17(4)31-28-14)18-11-21-25(27-12-18)19(23-9-8-22(32-23)16(3)30)13-29(21)15(2)20-7-5-6-10-26-20/h4-13,15H,1-3H3,(H,32,33);5-13,15H,1-4H3/t2*15-/m00/s1. The van der Waals surface area contributed by atoms with E-state index < -0.39 is 5.97 Å². The highest BCUT2D eigenvalue weighted by atomic mass is 35.5. The average molecular weight is 915 g/mol. The molecule has 15 heteroatoms. The number of carbonyl (C=O) groups is 2. The third-order valence-corrected chi connectivity index (χ3v) is 13.3. The van der Waals surface area contributed by atoms with Gasteiger partial charge in [-0.3, -0.25) is 24.7 Å². The molecule has 9 aromatic heterocycles. The highest BCUT2D eigenvalue weighted by molar-refractivity contribution is 7.17. The van der Waals surface area contributed by atoms with Crippen LogP contribution < -0.4 is 0 Å². The maximum atomic E-state index is 11.9. The van der Waals surface area contributed by atoms with Crippen molar-refractivity contribution in [2.24, 2.45) is 0 Å². The van der Waals surface area contributed by atoms with Crippen LogP contribution in [0.5, 0.6) is 0 Å². The molecule has 0 unspecified atom stereocenters. The van der Waals surface area contributed by atoms with Gasteiger partial charge in [-0.2, -0.15) is 0 Å². The van der Waals surface area contributed by atoms with Gasteiger partial charge in [0.25, 0.3) is 0 Å². The maximum Gasteiger partial charge on any atom is 0.335 e. The molecule has 2 atom stereocenters. The van der Waals surface area contributed by atoms with Gasteiger partial charge >= 0.3 is 5.97 Å². The molecule has 66 heavy (non-hydrogen) atoms. The summed E-state index contributed by atoms with van der Waals surface area (Å²) < 4.78 is 15.1. The Bertz CT molecular complexity index is 3400. The van der Waals surface area contributed by atoms with Crippen LogP contribution in [0.2, 0.25) is 5.02 Å². The number of hydrogen-bond acceptors (Lipinski definition) is 11. The van der Waals surface area contributed by atoms with Gasteiger partial charge in [0.05, 0.1) is 67.4 Å². The molecular formula is C51H43ClN8O5S. The molecule has 0 spiro atoms. The lowest BCUT2D eigenvalue weighted by molar-refractivity contribution is 0.0696. The number of fused-ring (bicyclic) bond motifs is 2. The SMILES string of the molecule is CC(=O)c1ccc(-c2cn([C@@H](C)c3ccccn3)c3cc(-c4c(C)noc4C)cnc23)s1.Cc1noc(C)c1-c1cnc2c(-c3ccc(C(=O)O)cc3Cl)cn([C@@H](C)c3ccccn3)c2c1. The van der Waals surface area contributed by atoms with Crippen LogP contribution in [0.15, 0.2) is 125 Å². The summed E-state index contributed by atoms with van der Waals surface area (Å²) in [5.74, 6) is 0.536. The fraction of sp³-hybridized carbons (Fsp3) is 0.176. The molecule has 330 valence electrons. The number of aryl methyl sites for hydroxylation is 4. The molecule has 0 saturated carbocycles. The van der Waals surface area contributed by atoms with E-state index in [-0.39, 0.29) is 23.4 Å². The number of carboxylic acids is 1. The number of nitrogens with zero attached hydrogens (tertiary/aromatic N) is 8. The molecule has 10 aromatic rings. The molecule has 1 N–H and O–H groups in total. The quantitative estimate of drug-likeness (QED) is 0.130. The second kappa shape index (κ2) is 17.8. The summed E-state index contributed by atoms with van der Waals surface area (Å²) in [6.45, 7) is 13.4. The van der Waals surface area contributed by atoms with Crippen molar-refractivity contribution < 1.29 is 23.7 Å². The Balaban J connectivity index is 0.000000166.